The molecule has 0 aliphatic heterocycles. The van der Waals surface area contributed by atoms with Crippen molar-refractivity contribution in [2.24, 2.45) is 0 Å². The van der Waals surface area contributed by atoms with E-state index < -0.39 is 0 Å². The van der Waals surface area contributed by atoms with E-state index in [0.717, 1.165) is 17.1 Å². The summed E-state index contributed by atoms with van der Waals surface area (Å²) in [5.74, 6) is 1.58. The molecule has 94 valence electrons. The van der Waals surface area contributed by atoms with Crippen LogP contribution in [0.25, 0.3) is 0 Å². The molecule has 0 atom stereocenters. The van der Waals surface area contributed by atoms with Crippen LogP contribution in [0.5, 0.6) is 5.75 Å². The minimum absolute atomic E-state index is 0.379. The summed E-state index contributed by atoms with van der Waals surface area (Å²) in [6, 6.07) is 9.62. The van der Waals surface area contributed by atoms with Crippen LogP contribution >= 0.6 is 12.2 Å². The number of H-pyrrole nitrogens is 1. The molecule has 2 aromatic rings. The highest BCUT2D eigenvalue weighted by Gasteiger charge is 2.06. The maximum Gasteiger partial charge on any atom is 0.195 e. The van der Waals surface area contributed by atoms with Gasteiger partial charge in [-0.25, -0.2) is 0 Å². The monoisotopic (exact) mass is 261 g/mol. The van der Waals surface area contributed by atoms with Crippen molar-refractivity contribution in [2.45, 2.75) is 20.1 Å². The maximum absolute atomic E-state index is 5.65. The molecule has 4 nitrogen and oxygen atoms in total. The van der Waals surface area contributed by atoms with Crippen LogP contribution in [0.3, 0.4) is 0 Å². The van der Waals surface area contributed by atoms with Crippen molar-refractivity contribution in [2.75, 3.05) is 0 Å². The predicted octanol–water partition coefficient (Wildman–Crippen LogP) is 3.10. The van der Waals surface area contributed by atoms with Crippen LogP contribution < -0.4 is 4.74 Å². The Morgan fingerprint density at radius 2 is 2.17 bits per heavy atom. The smallest absolute Gasteiger partial charge is 0.195 e. The van der Waals surface area contributed by atoms with E-state index in [0.29, 0.717) is 17.9 Å². The number of benzene rings is 1. The normalized spacial score (nSPS) is 10.3. The second kappa shape index (κ2) is 5.64. The molecule has 0 aliphatic rings. The number of nitrogens with one attached hydrogen (secondary N) is 1. The van der Waals surface area contributed by atoms with Crippen molar-refractivity contribution in [3.05, 3.63) is 53.1 Å². The molecule has 0 radical (unpaired) electrons. The first-order valence-corrected chi connectivity index (χ1v) is 6.04. The van der Waals surface area contributed by atoms with Gasteiger partial charge in [0.25, 0.3) is 0 Å². The lowest BCUT2D eigenvalue weighted by Gasteiger charge is -2.08. The molecule has 5 heteroatoms. The van der Waals surface area contributed by atoms with Gasteiger partial charge >= 0.3 is 0 Å². The second-order valence-electron chi connectivity index (χ2n) is 4.09. The van der Waals surface area contributed by atoms with Gasteiger partial charge in [0.1, 0.15) is 12.4 Å². The first-order chi connectivity index (χ1) is 8.66. The van der Waals surface area contributed by atoms with Gasteiger partial charge in [-0.05, 0) is 31.3 Å². The SMILES string of the molecule is C=C(C)Cn1c(COc2ccccc2)n[nH]c1=S. The van der Waals surface area contributed by atoms with Gasteiger partial charge in [-0.2, -0.15) is 5.10 Å². The third-order valence-electron chi connectivity index (χ3n) is 2.38. The van der Waals surface area contributed by atoms with Crippen molar-refractivity contribution in [1.82, 2.24) is 14.8 Å². The molecule has 1 aromatic heterocycles. The van der Waals surface area contributed by atoms with Crippen molar-refractivity contribution < 1.29 is 4.74 Å². The van der Waals surface area contributed by atoms with E-state index in [4.69, 9.17) is 17.0 Å². The van der Waals surface area contributed by atoms with E-state index in [1.807, 2.05) is 41.8 Å². The van der Waals surface area contributed by atoms with Crippen molar-refractivity contribution in [3.63, 3.8) is 0 Å². The fraction of sp³-hybridized carbons (Fsp3) is 0.231. The van der Waals surface area contributed by atoms with E-state index in [1.165, 1.54) is 0 Å². The van der Waals surface area contributed by atoms with Crippen LogP contribution in [-0.4, -0.2) is 14.8 Å². The molecule has 0 unspecified atom stereocenters. The van der Waals surface area contributed by atoms with Gasteiger partial charge in [-0.3, -0.25) is 9.67 Å². The Hall–Kier alpha value is -1.88. The van der Waals surface area contributed by atoms with E-state index in [-0.39, 0.29) is 0 Å². The van der Waals surface area contributed by atoms with Crippen molar-refractivity contribution >= 4 is 12.2 Å². The molecule has 2 rings (SSSR count). The Balaban J connectivity index is 2.10. The molecule has 0 saturated carbocycles. The highest BCUT2D eigenvalue weighted by Crippen LogP contribution is 2.11. The largest absolute Gasteiger partial charge is 0.486 e. The lowest BCUT2D eigenvalue weighted by Crippen LogP contribution is -2.08. The zero-order chi connectivity index (χ0) is 13.0. The first-order valence-electron chi connectivity index (χ1n) is 5.63. The summed E-state index contributed by atoms with van der Waals surface area (Å²) < 4.78 is 8.13. The predicted molar refractivity (Wildman–Crippen MR) is 73.0 cm³/mol. The topological polar surface area (TPSA) is 42.8 Å². The summed E-state index contributed by atoms with van der Waals surface area (Å²) in [6.45, 7) is 6.87. The molecule has 1 aromatic carbocycles. The molecular formula is C13H15N3OS. The Bertz CT molecular complexity index is 586. The summed E-state index contributed by atoms with van der Waals surface area (Å²) in [5, 5.41) is 6.94. The molecule has 0 spiro atoms. The fourth-order valence-electron chi connectivity index (χ4n) is 1.56. The van der Waals surface area contributed by atoms with Crippen LogP contribution in [0.2, 0.25) is 0 Å². The number of ether oxygens (including phenoxy) is 1. The Kier molecular flexibility index (Phi) is 3.94. The molecule has 0 bridgehead atoms. The molecule has 18 heavy (non-hydrogen) atoms. The van der Waals surface area contributed by atoms with Crippen LogP contribution in [0.4, 0.5) is 0 Å². The van der Waals surface area contributed by atoms with Crippen LogP contribution in [0.1, 0.15) is 12.7 Å². The van der Waals surface area contributed by atoms with Crippen LogP contribution in [-0.2, 0) is 13.2 Å². The van der Waals surface area contributed by atoms with Crippen LogP contribution in [0, 0.1) is 4.77 Å². The third kappa shape index (κ3) is 3.07. The Morgan fingerprint density at radius 3 is 2.83 bits per heavy atom. The number of aromatic nitrogens is 3. The highest BCUT2D eigenvalue weighted by atomic mass is 32.1. The molecule has 0 amide bonds. The maximum atomic E-state index is 5.65. The molecule has 0 fully saturated rings. The van der Waals surface area contributed by atoms with Gasteiger partial charge in [0.2, 0.25) is 0 Å². The van der Waals surface area contributed by atoms with E-state index in [9.17, 15) is 0 Å². The third-order valence-corrected chi connectivity index (χ3v) is 2.69. The standard InChI is InChI=1S/C13H15N3OS/c1-10(2)8-16-12(14-15-13(16)18)9-17-11-6-4-3-5-7-11/h3-7H,1,8-9H2,2H3,(H,15,18). The van der Waals surface area contributed by atoms with Crippen LogP contribution in [0.15, 0.2) is 42.5 Å². The van der Waals surface area contributed by atoms with Gasteiger partial charge in [-0.15, -0.1) is 0 Å². The zero-order valence-corrected chi connectivity index (χ0v) is 11.0. The minimum Gasteiger partial charge on any atom is -0.486 e. The molecule has 1 N–H and O–H groups in total. The molecule has 1 heterocycles. The first kappa shape index (κ1) is 12.6. The second-order valence-corrected chi connectivity index (χ2v) is 4.48. The number of hydrogen-bond acceptors (Lipinski definition) is 3. The average Bonchev–Trinajstić information content (AvgIpc) is 2.69. The van der Waals surface area contributed by atoms with Crippen molar-refractivity contribution in [3.8, 4) is 5.75 Å². The van der Waals surface area contributed by atoms with Gasteiger partial charge in [0.05, 0.1) is 0 Å². The minimum atomic E-state index is 0.379. The summed E-state index contributed by atoms with van der Waals surface area (Å²) in [5.41, 5.74) is 1.02. The lowest BCUT2D eigenvalue weighted by atomic mass is 10.3. The number of aromatic amines is 1. The average molecular weight is 261 g/mol. The highest BCUT2D eigenvalue weighted by molar-refractivity contribution is 7.71. The summed E-state index contributed by atoms with van der Waals surface area (Å²) in [4.78, 5) is 0. The number of rotatable bonds is 5. The summed E-state index contributed by atoms with van der Waals surface area (Å²) in [7, 11) is 0. The number of hydrogen-bond donors (Lipinski definition) is 1. The van der Waals surface area contributed by atoms with E-state index >= 15 is 0 Å². The molecule has 0 saturated heterocycles. The van der Waals surface area contributed by atoms with Gasteiger partial charge in [0.15, 0.2) is 10.6 Å². The van der Waals surface area contributed by atoms with Gasteiger partial charge in [-0.1, -0.05) is 30.4 Å². The van der Waals surface area contributed by atoms with Crippen molar-refractivity contribution in [1.29, 1.82) is 0 Å². The fourth-order valence-corrected chi connectivity index (χ4v) is 1.77. The Labute approximate surface area is 111 Å². The summed E-state index contributed by atoms with van der Waals surface area (Å²) in [6.07, 6.45) is 0. The number of nitrogens with zero attached hydrogens (tertiary/aromatic N) is 2. The van der Waals surface area contributed by atoms with Gasteiger partial charge in [0, 0.05) is 6.54 Å². The zero-order valence-electron chi connectivity index (χ0n) is 10.2. The summed E-state index contributed by atoms with van der Waals surface area (Å²) >= 11 is 5.17. The lowest BCUT2D eigenvalue weighted by molar-refractivity contribution is 0.289. The van der Waals surface area contributed by atoms with E-state index in [2.05, 4.69) is 16.8 Å². The Morgan fingerprint density at radius 1 is 1.44 bits per heavy atom. The number of para-hydroxylation sites is 1. The molecular weight excluding hydrogens is 246 g/mol. The van der Waals surface area contributed by atoms with E-state index in [1.54, 1.807) is 0 Å². The molecule has 0 aliphatic carbocycles. The quantitative estimate of drug-likeness (QED) is 0.664. The number of allylic oxidation sites excluding steroid dienone is 1. The van der Waals surface area contributed by atoms with Gasteiger partial charge < -0.3 is 4.74 Å².